The molecule has 0 saturated carbocycles. The van der Waals surface area contributed by atoms with E-state index in [1.165, 1.54) is 33.3 Å². The molecule has 0 aliphatic carbocycles. The molecule has 0 aliphatic heterocycles. The van der Waals surface area contributed by atoms with Crippen LogP contribution in [-0.2, 0) is 27.8 Å². The van der Waals surface area contributed by atoms with Crippen LogP contribution >= 0.6 is 11.6 Å². The standard InChI is InChI=1S/C21H23ClN4O5S/c1-26(2)32(28,29)15-9-10-18(30-3)14(12-15)8-11-19(27)23-13-20-24-21(25-31-20)16-6-4-5-7-17(16)22/h4-7,9-10,12H,8,11,13H2,1-3H3,(H,23,27). The summed E-state index contributed by atoms with van der Waals surface area (Å²) >= 11 is 6.13. The summed E-state index contributed by atoms with van der Waals surface area (Å²) in [5.74, 6) is 0.829. The number of nitrogens with zero attached hydrogens (tertiary/aromatic N) is 3. The summed E-state index contributed by atoms with van der Waals surface area (Å²) in [7, 11) is 0.818. The summed E-state index contributed by atoms with van der Waals surface area (Å²) in [5, 5.41) is 7.10. The SMILES string of the molecule is COc1ccc(S(=O)(=O)N(C)C)cc1CCC(=O)NCc1nc(-c2ccccc2Cl)no1. The third-order valence-electron chi connectivity index (χ3n) is 4.67. The van der Waals surface area contributed by atoms with Crippen LogP contribution in [0.25, 0.3) is 11.4 Å². The molecule has 1 heterocycles. The summed E-state index contributed by atoms with van der Waals surface area (Å²) in [5.41, 5.74) is 1.25. The molecule has 9 nitrogen and oxygen atoms in total. The summed E-state index contributed by atoms with van der Waals surface area (Å²) in [4.78, 5) is 16.7. The lowest BCUT2D eigenvalue weighted by Gasteiger charge is -2.14. The fourth-order valence-electron chi connectivity index (χ4n) is 2.91. The molecule has 1 amide bonds. The van der Waals surface area contributed by atoms with E-state index < -0.39 is 10.0 Å². The Labute approximate surface area is 191 Å². The predicted molar refractivity (Wildman–Crippen MR) is 119 cm³/mol. The van der Waals surface area contributed by atoms with Crippen LogP contribution in [0.15, 0.2) is 51.9 Å². The van der Waals surface area contributed by atoms with Crippen LogP contribution in [0, 0.1) is 0 Å². The van der Waals surface area contributed by atoms with E-state index in [0.29, 0.717) is 34.1 Å². The molecule has 0 fully saturated rings. The van der Waals surface area contributed by atoms with Crippen LogP contribution < -0.4 is 10.1 Å². The number of hydrogen-bond donors (Lipinski definition) is 1. The van der Waals surface area contributed by atoms with Crippen molar-refractivity contribution in [1.29, 1.82) is 0 Å². The Bertz CT molecular complexity index is 1210. The van der Waals surface area contributed by atoms with E-state index in [1.54, 1.807) is 24.3 Å². The molecule has 0 radical (unpaired) electrons. The number of methoxy groups -OCH3 is 1. The molecule has 11 heteroatoms. The molecule has 170 valence electrons. The fraction of sp³-hybridized carbons (Fsp3) is 0.286. The van der Waals surface area contributed by atoms with E-state index in [2.05, 4.69) is 15.5 Å². The molecule has 0 aliphatic rings. The van der Waals surface area contributed by atoms with Crippen LogP contribution in [0.4, 0.5) is 0 Å². The van der Waals surface area contributed by atoms with Gasteiger partial charge in [0.25, 0.3) is 0 Å². The molecule has 3 rings (SSSR count). The second-order valence-electron chi connectivity index (χ2n) is 7.03. The average Bonchev–Trinajstić information content (AvgIpc) is 3.25. The van der Waals surface area contributed by atoms with Crippen molar-refractivity contribution in [2.75, 3.05) is 21.2 Å². The first-order chi connectivity index (χ1) is 15.2. The molecule has 0 unspecified atom stereocenters. The number of benzene rings is 2. The first kappa shape index (κ1) is 23.7. The lowest BCUT2D eigenvalue weighted by atomic mass is 10.1. The highest BCUT2D eigenvalue weighted by Crippen LogP contribution is 2.26. The minimum atomic E-state index is -3.59. The number of hydrogen-bond acceptors (Lipinski definition) is 7. The summed E-state index contributed by atoms with van der Waals surface area (Å²) < 4.78 is 36.4. The summed E-state index contributed by atoms with van der Waals surface area (Å²) in [6, 6.07) is 11.7. The second kappa shape index (κ2) is 10.1. The Morgan fingerprint density at radius 1 is 1.22 bits per heavy atom. The van der Waals surface area contributed by atoms with Gasteiger partial charge >= 0.3 is 0 Å². The van der Waals surface area contributed by atoms with E-state index in [0.717, 1.165) is 4.31 Å². The molecule has 0 saturated heterocycles. The van der Waals surface area contributed by atoms with Crippen molar-refractivity contribution < 1.29 is 22.5 Å². The van der Waals surface area contributed by atoms with Crippen molar-refractivity contribution in [2.24, 2.45) is 0 Å². The number of aryl methyl sites for hydroxylation is 1. The molecular weight excluding hydrogens is 456 g/mol. The molecular formula is C21H23ClN4O5S. The molecule has 2 aromatic carbocycles. The van der Waals surface area contributed by atoms with Gasteiger partial charge in [0.1, 0.15) is 5.75 Å². The van der Waals surface area contributed by atoms with Crippen LogP contribution in [0.3, 0.4) is 0 Å². The lowest BCUT2D eigenvalue weighted by Crippen LogP contribution is -2.24. The van der Waals surface area contributed by atoms with Gasteiger partial charge in [-0.3, -0.25) is 4.79 Å². The summed E-state index contributed by atoms with van der Waals surface area (Å²) in [6.07, 6.45) is 0.411. The van der Waals surface area contributed by atoms with Crippen molar-refractivity contribution in [3.63, 3.8) is 0 Å². The zero-order chi connectivity index (χ0) is 23.3. The van der Waals surface area contributed by atoms with Gasteiger partial charge in [-0.2, -0.15) is 4.98 Å². The predicted octanol–water partition coefficient (Wildman–Crippen LogP) is 2.90. The zero-order valence-corrected chi connectivity index (χ0v) is 19.4. The Morgan fingerprint density at radius 2 is 1.97 bits per heavy atom. The number of aromatic nitrogens is 2. The summed E-state index contributed by atoms with van der Waals surface area (Å²) in [6.45, 7) is 0.0580. The van der Waals surface area contributed by atoms with Crippen LogP contribution in [0.2, 0.25) is 5.02 Å². The smallest absolute Gasteiger partial charge is 0.246 e. The quantitative estimate of drug-likeness (QED) is 0.502. The van der Waals surface area contributed by atoms with E-state index in [1.807, 2.05) is 6.07 Å². The third-order valence-corrected chi connectivity index (χ3v) is 6.81. The van der Waals surface area contributed by atoms with E-state index in [9.17, 15) is 13.2 Å². The highest BCUT2D eigenvalue weighted by molar-refractivity contribution is 7.89. The van der Waals surface area contributed by atoms with Gasteiger partial charge < -0.3 is 14.6 Å². The first-order valence-corrected chi connectivity index (χ1v) is 11.5. The van der Waals surface area contributed by atoms with Crippen LogP contribution in [0.5, 0.6) is 5.75 Å². The van der Waals surface area contributed by atoms with Crippen molar-refractivity contribution in [1.82, 2.24) is 19.8 Å². The van der Waals surface area contributed by atoms with Gasteiger partial charge in [0.2, 0.25) is 27.6 Å². The van der Waals surface area contributed by atoms with Gasteiger partial charge in [-0.1, -0.05) is 28.9 Å². The highest BCUT2D eigenvalue weighted by atomic mass is 35.5. The normalized spacial score (nSPS) is 11.5. The Balaban J connectivity index is 1.61. The van der Waals surface area contributed by atoms with E-state index in [4.69, 9.17) is 20.9 Å². The minimum absolute atomic E-state index is 0.0580. The number of carbonyl (C=O) groups is 1. The third kappa shape index (κ3) is 5.45. The number of carbonyl (C=O) groups excluding carboxylic acids is 1. The van der Waals surface area contributed by atoms with Gasteiger partial charge in [0.15, 0.2) is 0 Å². The Hall–Kier alpha value is -2.95. The maximum atomic E-state index is 12.4. The van der Waals surface area contributed by atoms with Gasteiger partial charge in [-0.25, -0.2) is 12.7 Å². The van der Waals surface area contributed by atoms with Crippen LogP contribution in [0.1, 0.15) is 17.9 Å². The van der Waals surface area contributed by atoms with Gasteiger partial charge in [0.05, 0.1) is 23.6 Å². The topological polar surface area (TPSA) is 115 Å². The average molecular weight is 479 g/mol. The molecule has 1 N–H and O–H groups in total. The monoisotopic (exact) mass is 478 g/mol. The second-order valence-corrected chi connectivity index (χ2v) is 9.59. The molecule has 3 aromatic rings. The Kier molecular flexibility index (Phi) is 7.49. The van der Waals surface area contributed by atoms with E-state index >= 15 is 0 Å². The number of ether oxygens (including phenoxy) is 1. The van der Waals surface area contributed by atoms with Crippen molar-refractivity contribution in [3.05, 3.63) is 58.9 Å². The molecule has 0 bridgehead atoms. The molecule has 32 heavy (non-hydrogen) atoms. The minimum Gasteiger partial charge on any atom is -0.496 e. The van der Waals surface area contributed by atoms with Gasteiger partial charge in [-0.05, 0) is 42.3 Å². The largest absolute Gasteiger partial charge is 0.496 e. The number of sulfonamides is 1. The van der Waals surface area contributed by atoms with Crippen LogP contribution in [-0.4, -0.2) is 50.0 Å². The van der Waals surface area contributed by atoms with Crippen molar-refractivity contribution in [2.45, 2.75) is 24.3 Å². The van der Waals surface area contributed by atoms with Crippen molar-refractivity contribution in [3.8, 4) is 17.1 Å². The first-order valence-electron chi connectivity index (χ1n) is 9.66. The van der Waals surface area contributed by atoms with E-state index in [-0.39, 0.29) is 29.7 Å². The molecule has 1 aromatic heterocycles. The maximum absolute atomic E-state index is 12.4. The van der Waals surface area contributed by atoms with Crippen molar-refractivity contribution >= 4 is 27.5 Å². The molecule has 0 spiro atoms. The fourth-order valence-corrected chi connectivity index (χ4v) is 4.08. The number of amides is 1. The van der Waals surface area contributed by atoms with Gasteiger partial charge in [0, 0.05) is 26.1 Å². The highest BCUT2D eigenvalue weighted by Gasteiger charge is 2.19. The maximum Gasteiger partial charge on any atom is 0.246 e. The Morgan fingerprint density at radius 3 is 2.66 bits per heavy atom. The van der Waals surface area contributed by atoms with Gasteiger partial charge in [-0.15, -0.1) is 0 Å². The molecule has 0 atom stereocenters. The number of rotatable bonds is 9. The zero-order valence-electron chi connectivity index (χ0n) is 17.8. The lowest BCUT2D eigenvalue weighted by molar-refractivity contribution is -0.121. The number of halogens is 1. The number of nitrogens with one attached hydrogen (secondary N) is 1.